The molecule has 0 saturated heterocycles. The second-order valence-corrected chi connectivity index (χ2v) is 3.67. The van der Waals surface area contributed by atoms with E-state index >= 15 is 0 Å². The zero-order valence-electron chi connectivity index (χ0n) is 7.99. The van der Waals surface area contributed by atoms with Gasteiger partial charge >= 0.3 is 11.9 Å². The highest BCUT2D eigenvalue weighted by atomic mass is 16.4. The van der Waals surface area contributed by atoms with E-state index in [1.54, 1.807) is 0 Å². The molecule has 0 aliphatic carbocycles. The molecule has 0 aromatic heterocycles. The fourth-order valence-electron chi connectivity index (χ4n) is 0.908. The molecule has 0 aromatic carbocycles. The van der Waals surface area contributed by atoms with Gasteiger partial charge in [-0.2, -0.15) is 0 Å². The lowest BCUT2D eigenvalue weighted by atomic mass is 10.3. The minimum Gasteiger partial charge on any atom is -0.481 e. The first kappa shape index (κ1) is 11.9. The molecular formula is C8H16NO4+. The van der Waals surface area contributed by atoms with Gasteiger partial charge in [0.25, 0.3) is 0 Å². The second-order valence-electron chi connectivity index (χ2n) is 3.67. The third kappa shape index (κ3) is 7.27. The van der Waals surface area contributed by atoms with E-state index in [4.69, 9.17) is 10.2 Å². The van der Waals surface area contributed by atoms with E-state index in [1.807, 2.05) is 14.1 Å². The highest BCUT2D eigenvalue weighted by molar-refractivity contribution is 5.67. The van der Waals surface area contributed by atoms with Crippen LogP contribution in [0.2, 0.25) is 0 Å². The largest absolute Gasteiger partial charge is 0.481 e. The Kier molecular flexibility index (Phi) is 4.40. The highest BCUT2D eigenvalue weighted by Gasteiger charge is 2.17. The van der Waals surface area contributed by atoms with Crippen molar-refractivity contribution in [1.29, 1.82) is 0 Å². The van der Waals surface area contributed by atoms with E-state index in [0.29, 0.717) is 17.6 Å². The van der Waals surface area contributed by atoms with Crippen LogP contribution < -0.4 is 0 Å². The van der Waals surface area contributed by atoms with Gasteiger partial charge in [-0.25, -0.2) is 0 Å². The van der Waals surface area contributed by atoms with Crippen LogP contribution in [-0.4, -0.2) is 53.8 Å². The quantitative estimate of drug-likeness (QED) is 0.579. The Bertz CT molecular complexity index is 180. The van der Waals surface area contributed by atoms with Crippen molar-refractivity contribution in [3.8, 4) is 0 Å². The number of rotatable bonds is 6. The lowest BCUT2D eigenvalue weighted by molar-refractivity contribution is -0.889. The summed E-state index contributed by atoms with van der Waals surface area (Å²) in [5, 5.41) is 16.9. The Balaban J connectivity index is 3.79. The average Bonchev–Trinajstić information content (AvgIpc) is 1.98. The highest BCUT2D eigenvalue weighted by Crippen LogP contribution is 2.01. The molecule has 0 spiro atoms. The van der Waals surface area contributed by atoms with E-state index < -0.39 is 11.9 Å². The molecule has 0 saturated carbocycles. The Labute approximate surface area is 77.2 Å². The van der Waals surface area contributed by atoms with Crippen molar-refractivity contribution >= 4 is 11.9 Å². The van der Waals surface area contributed by atoms with Crippen molar-refractivity contribution in [1.82, 2.24) is 0 Å². The number of nitrogens with zero attached hydrogens (tertiary/aromatic N) is 1. The molecule has 5 nitrogen and oxygen atoms in total. The molecule has 0 rings (SSSR count). The van der Waals surface area contributed by atoms with Crippen LogP contribution in [0.1, 0.15) is 12.8 Å². The first-order valence-electron chi connectivity index (χ1n) is 4.09. The Morgan fingerprint density at radius 1 is 1.00 bits per heavy atom. The van der Waals surface area contributed by atoms with E-state index in [0.717, 1.165) is 0 Å². The summed E-state index contributed by atoms with van der Waals surface area (Å²) in [6.45, 7) is 0.922. The topological polar surface area (TPSA) is 74.6 Å². The summed E-state index contributed by atoms with van der Waals surface area (Å²) in [5.74, 6) is -1.69. The standard InChI is InChI=1S/C8H15NO4/c1-9(2,5-3-7(10)11)6-4-8(12)13/h3-6H2,1-2H3,(H-,10,11,12,13)/p+1. The predicted molar refractivity (Wildman–Crippen MR) is 46.3 cm³/mol. The fourth-order valence-corrected chi connectivity index (χ4v) is 0.908. The molecule has 0 heterocycles. The molecule has 0 unspecified atom stereocenters. The monoisotopic (exact) mass is 190 g/mol. The maximum Gasteiger partial charge on any atom is 0.309 e. The Hall–Kier alpha value is -1.10. The molecule has 0 aromatic rings. The molecule has 2 N–H and O–H groups in total. The van der Waals surface area contributed by atoms with Crippen LogP contribution in [0.15, 0.2) is 0 Å². The summed E-state index contributed by atoms with van der Waals surface area (Å²) in [7, 11) is 3.65. The summed E-state index contributed by atoms with van der Waals surface area (Å²) >= 11 is 0. The zero-order valence-corrected chi connectivity index (χ0v) is 7.99. The lowest BCUT2D eigenvalue weighted by Gasteiger charge is -2.28. The summed E-state index contributed by atoms with van der Waals surface area (Å²) in [6.07, 6.45) is 0.152. The molecule has 5 heteroatoms. The van der Waals surface area contributed by atoms with Crippen molar-refractivity contribution in [2.45, 2.75) is 12.8 Å². The number of hydrogen-bond donors (Lipinski definition) is 2. The number of carbonyl (C=O) groups is 2. The van der Waals surface area contributed by atoms with Crippen molar-refractivity contribution in [2.24, 2.45) is 0 Å². The van der Waals surface area contributed by atoms with Crippen molar-refractivity contribution in [2.75, 3.05) is 27.2 Å². The third-order valence-corrected chi connectivity index (χ3v) is 1.86. The molecule has 0 atom stereocenters. The lowest BCUT2D eigenvalue weighted by Crippen LogP contribution is -2.42. The first-order chi connectivity index (χ1) is 5.83. The maximum absolute atomic E-state index is 10.3. The third-order valence-electron chi connectivity index (χ3n) is 1.86. The van der Waals surface area contributed by atoms with Gasteiger partial charge in [-0.3, -0.25) is 9.59 Å². The van der Waals surface area contributed by atoms with Crippen LogP contribution in [0.4, 0.5) is 0 Å². The number of hydrogen-bond acceptors (Lipinski definition) is 2. The Morgan fingerprint density at radius 3 is 1.54 bits per heavy atom. The van der Waals surface area contributed by atoms with Gasteiger partial charge in [-0.15, -0.1) is 0 Å². The van der Waals surface area contributed by atoms with Gasteiger partial charge < -0.3 is 14.7 Å². The summed E-state index contributed by atoms with van der Waals surface area (Å²) in [4.78, 5) is 20.5. The van der Waals surface area contributed by atoms with Crippen LogP contribution >= 0.6 is 0 Å². The van der Waals surface area contributed by atoms with Gasteiger partial charge in [0.05, 0.1) is 40.0 Å². The van der Waals surface area contributed by atoms with Gasteiger partial charge in [0.1, 0.15) is 0 Å². The molecule has 0 aliphatic rings. The number of quaternary nitrogens is 1. The number of aliphatic carboxylic acids is 2. The van der Waals surface area contributed by atoms with Gasteiger partial charge in [0.15, 0.2) is 0 Å². The molecule has 0 fully saturated rings. The Morgan fingerprint density at radius 2 is 1.31 bits per heavy atom. The average molecular weight is 190 g/mol. The van der Waals surface area contributed by atoms with Gasteiger partial charge in [-0.1, -0.05) is 0 Å². The summed E-state index contributed by atoms with van der Waals surface area (Å²) < 4.78 is 0.429. The fraction of sp³-hybridized carbons (Fsp3) is 0.750. The zero-order chi connectivity index (χ0) is 10.5. The maximum atomic E-state index is 10.3. The molecule has 13 heavy (non-hydrogen) atoms. The smallest absolute Gasteiger partial charge is 0.309 e. The van der Waals surface area contributed by atoms with Gasteiger partial charge in [0.2, 0.25) is 0 Å². The van der Waals surface area contributed by atoms with E-state index in [-0.39, 0.29) is 12.8 Å². The van der Waals surface area contributed by atoms with Crippen molar-refractivity contribution in [3.05, 3.63) is 0 Å². The predicted octanol–water partition coefficient (Wildman–Crippen LogP) is 0.0122. The van der Waals surface area contributed by atoms with E-state index in [2.05, 4.69) is 0 Å². The summed E-state index contributed by atoms with van der Waals surface area (Å²) in [5.41, 5.74) is 0. The minimum absolute atomic E-state index is 0.0760. The van der Waals surface area contributed by atoms with Crippen LogP contribution in [-0.2, 0) is 9.59 Å². The van der Waals surface area contributed by atoms with Crippen LogP contribution in [0, 0.1) is 0 Å². The van der Waals surface area contributed by atoms with Crippen molar-refractivity contribution < 1.29 is 24.3 Å². The SMILES string of the molecule is C[N+](C)(CCC(=O)O)CCC(=O)O. The van der Waals surface area contributed by atoms with E-state index in [9.17, 15) is 9.59 Å². The molecule has 0 radical (unpaired) electrons. The normalized spacial score (nSPS) is 11.2. The van der Waals surface area contributed by atoms with Gasteiger partial charge in [-0.05, 0) is 0 Å². The van der Waals surface area contributed by atoms with Crippen LogP contribution in [0.5, 0.6) is 0 Å². The van der Waals surface area contributed by atoms with Crippen LogP contribution in [0.3, 0.4) is 0 Å². The number of carboxylic acid groups (broad SMARTS) is 2. The molecule has 0 amide bonds. The molecule has 0 bridgehead atoms. The first-order valence-corrected chi connectivity index (χ1v) is 4.09. The van der Waals surface area contributed by atoms with Crippen LogP contribution in [0.25, 0.3) is 0 Å². The number of carboxylic acids is 2. The van der Waals surface area contributed by atoms with E-state index in [1.165, 1.54) is 0 Å². The second kappa shape index (κ2) is 4.81. The van der Waals surface area contributed by atoms with Crippen molar-refractivity contribution in [3.63, 3.8) is 0 Å². The summed E-state index contributed by atoms with van der Waals surface area (Å²) in [6, 6.07) is 0. The molecule has 76 valence electrons. The molecule has 0 aliphatic heterocycles. The minimum atomic E-state index is -0.846. The van der Waals surface area contributed by atoms with Gasteiger partial charge in [0, 0.05) is 0 Å². The molecular weight excluding hydrogens is 174 g/mol.